The highest BCUT2D eigenvalue weighted by Crippen LogP contribution is 2.27. The summed E-state index contributed by atoms with van der Waals surface area (Å²) in [5.74, 6) is 1.65. The van der Waals surface area contributed by atoms with E-state index in [1.807, 2.05) is 41.2 Å². The Hall–Kier alpha value is -2.92. The van der Waals surface area contributed by atoms with Crippen LogP contribution in [0.15, 0.2) is 59.7 Å². The van der Waals surface area contributed by atoms with Gasteiger partial charge in [0.25, 0.3) is 0 Å². The molecule has 0 saturated carbocycles. The number of nitrogens with zero attached hydrogens (tertiary/aromatic N) is 4. The van der Waals surface area contributed by atoms with Crippen molar-refractivity contribution in [2.45, 2.75) is 13.5 Å². The fourth-order valence-corrected chi connectivity index (χ4v) is 3.07. The summed E-state index contributed by atoms with van der Waals surface area (Å²) < 4.78 is 8.04. The third-order valence-electron chi connectivity index (χ3n) is 4.88. The second-order valence-electron chi connectivity index (χ2n) is 6.82. The molecule has 3 aromatic rings. The lowest BCUT2D eigenvalue weighted by molar-refractivity contribution is 0.328. The zero-order valence-electron chi connectivity index (χ0n) is 15.8. The highest BCUT2D eigenvalue weighted by molar-refractivity contribution is 5.89. The number of benzene rings is 2. The molecule has 0 amide bonds. The molecule has 2 heterocycles. The molecule has 0 atom stereocenters. The number of aromatic nitrogens is 2. The van der Waals surface area contributed by atoms with Gasteiger partial charge in [0.1, 0.15) is 11.5 Å². The number of rotatable bonds is 7. The van der Waals surface area contributed by atoms with Gasteiger partial charge in [-0.05, 0) is 61.1 Å². The Balaban J connectivity index is 1.45. The van der Waals surface area contributed by atoms with Crippen LogP contribution in [0.25, 0.3) is 16.5 Å². The summed E-state index contributed by atoms with van der Waals surface area (Å²) in [5, 5.41) is 5.73. The van der Waals surface area contributed by atoms with Crippen molar-refractivity contribution in [3.63, 3.8) is 0 Å². The zero-order chi connectivity index (χ0) is 18.6. The van der Waals surface area contributed by atoms with Gasteiger partial charge < -0.3 is 9.64 Å². The summed E-state index contributed by atoms with van der Waals surface area (Å²) in [4.78, 5) is 6.51. The lowest BCUT2D eigenvalue weighted by Gasteiger charge is -2.12. The lowest BCUT2D eigenvalue weighted by atomic mass is 10.1. The van der Waals surface area contributed by atoms with Crippen molar-refractivity contribution >= 4 is 22.7 Å². The van der Waals surface area contributed by atoms with E-state index in [1.165, 1.54) is 11.1 Å². The molecule has 0 N–H and O–H groups in total. The molecule has 4 rings (SSSR count). The van der Waals surface area contributed by atoms with Crippen molar-refractivity contribution in [1.29, 1.82) is 0 Å². The third-order valence-corrected chi connectivity index (χ3v) is 4.88. The van der Waals surface area contributed by atoms with Crippen molar-refractivity contribution in [2.75, 3.05) is 26.7 Å². The Bertz CT molecular complexity index is 985. The predicted molar refractivity (Wildman–Crippen MR) is 111 cm³/mol. The number of ether oxygens (including phenoxy) is 1. The van der Waals surface area contributed by atoms with Crippen molar-refractivity contribution in [1.82, 2.24) is 14.7 Å². The average Bonchev–Trinajstić information content (AvgIpc) is 3.36. The highest BCUT2D eigenvalue weighted by Gasteiger charge is 2.07. The number of likely N-dealkylation sites (N-methyl/N-ethyl adjacent to an activating group) is 1. The van der Waals surface area contributed by atoms with E-state index in [1.54, 1.807) is 0 Å². The smallest absolute Gasteiger partial charge is 0.128 e. The second kappa shape index (κ2) is 7.76. The molecule has 0 unspecified atom stereocenters. The van der Waals surface area contributed by atoms with Gasteiger partial charge in [-0.15, -0.1) is 0 Å². The minimum Gasteiger partial charge on any atom is -0.457 e. The summed E-state index contributed by atoms with van der Waals surface area (Å²) >= 11 is 0. The van der Waals surface area contributed by atoms with Crippen LogP contribution in [-0.4, -0.2) is 47.6 Å². The van der Waals surface area contributed by atoms with Gasteiger partial charge in [0.15, 0.2) is 0 Å². The average molecular weight is 360 g/mol. The highest BCUT2D eigenvalue weighted by atomic mass is 16.5. The molecule has 0 aliphatic carbocycles. The van der Waals surface area contributed by atoms with Gasteiger partial charge in [-0.25, -0.2) is 0 Å². The monoisotopic (exact) mass is 360 g/mol. The Morgan fingerprint density at radius 3 is 2.67 bits per heavy atom. The molecule has 1 aliphatic rings. The number of hydrogen-bond acceptors (Lipinski definition) is 4. The minimum atomic E-state index is 0.759. The maximum Gasteiger partial charge on any atom is 0.128 e. The van der Waals surface area contributed by atoms with Gasteiger partial charge in [0, 0.05) is 24.3 Å². The molecule has 0 radical (unpaired) electrons. The first-order valence-electron chi connectivity index (χ1n) is 9.34. The first-order chi connectivity index (χ1) is 13.2. The largest absolute Gasteiger partial charge is 0.457 e. The Morgan fingerprint density at radius 2 is 1.93 bits per heavy atom. The number of fused-ring (bicyclic) bond motifs is 1. The predicted octanol–water partition coefficient (Wildman–Crippen LogP) is 4.25. The molecule has 0 fully saturated rings. The standard InChI is InChI=1S/C22H24N4O/c1-3-25(2)12-13-26-16-19-14-21(8-9-22(19)24-26)27-20-6-4-17(5-7-20)18-10-11-23-15-18/h4-11,14,16H,3,12-13,15H2,1-2H3. The molecule has 5 heteroatoms. The molecule has 2 aromatic carbocycles. The van der Waals surface area contributed by atoms with E-state index in [0.717, 1.165) is 48.6 Å². The van der Waals surface area contributed by atoms with Crippen LogP contribution in [0.4, 0.5) is 0 Å². The normalized spacial score (nSPS) is 13.5. The van der Waals surface area contributed by atoms with E-state index >= 15 is 0 Å². The fraction of sp³-hybridized carbons (Fsp3) is 0.273. The molecule has 0 spiro atoms. The second-order valence-corrected chi connectivity index (χ2v) is 6.82. The first kappa shape index (κ1) is 17.5. The van der Waals surface area contributed by atoms with Gasteiger partial charge in [-0.2, -0.15) is 5.10 Å². The fourth-order valence-electron chi connectivity index (χ4n) is 3.07. The SMILES string of the molecule is CCN(C)CCn1cc2cc(Oc3ccc(C4=CC=NC4)cc3)ccc2n1. The van der Waals surface area contributed by atoms with Crippen LogP contribution >= 0.6 is 0 Å². The number of hydrogen-bond donors (Lipinski definition) is 0. The molecular formula is C22H24N4O. The van der Waals surface area contributed by atoms with E-state index in [4.69, 9.17) is 4.74 Å². The Kier molecular flexibility index (Phi) is 5.03. The molecule has 27 heavy (non-hydrogen) atoms. The molecule has 138 valence electrons. The van der Waals surface area contributed by atoms with Crippen molar-refractivity contribution < 1.29 is 4.74 Å². The van der Waals surface area contributed by atoms with E-state index in [2.05, 4.69) is 53.4 Å². The number of allylic oxidation sites excluding steroid dienone is 1. The van der Waals surface area contributed by atoms with Crippen molar-refractivity contribution in [3.05, 3.63) is 60.3 Å². The van der Waals surface area contributed by atoms with Gasteiger partial charge in [0.2, 0.25) is 0 Å². The molecular weight excluding hydrogens is 336 g/mol. The summed E-state index contributed by atoms with van der Waals surface area (Å²) in [6.45, 7) is 5.84. The van der Waals surface area contributed by atoms with Gasteiger partial charge in [-0.3, -0.25) is 9.67 Å². The zero-order valence-corrected chi connectivity index (χ0v) is 15.8. The third kappa shape index (κ3) is 4.09. The summed E-state index contributed by atoms with van der Waals surface area (Å²) in [6, 6.07) is 14.2. The maximum absolute atomic E-state index is 6.03. The summed E-state index contributed by atoms with van der Waals surface area (Å²) in [7, 11) is 2.12. The van der Waals surface area contributed by atoms with Crippen LogP contribution in [0.5, 0.6) is 11.5 Å². The topological polar surface area (TPSA) is 42.6 Å². The Labute approximate surface area is 159 Å². The van der Waals surface area contributed by atoms with Crippen LogP contribution in [0.3, 0.4) is 0 Å². The first-order valence-corrected chi connectivity index (χ1v) is 9.34. The summed E-state index contributed by atoms with van der Waals surface area (Å²) in [5.41, 5.74) is 3.42. The van der Waals surface area contributed by atoms with Crippen LogP contribution in [-0.2, 0) is 6.54 Å². The quantitative estimate of drug-likeness (QED) is 0.633. The number of aliphatic imine (C=N–C) groups is 1. The van der Waals surface area contributed by atoms with E-state index in [0.29, 0.717) is 0 Å². The van der Waals surface area contributed by atoms with Gasteiger partial charge in [-0.1, -0.05) is 19.1 Å². The lowest BCUT2D eigenvalue weighted by Crippen LogP contribution is -2.22. The van der Waals surface area contributed by atoms with Crippen molar-refractivity contribution in [2.24, 2.45) is 4.99 Å². The van der Waals surface area contributed by atoms with Crippen LogP contribution in [0.1, 0.15) is 12.5 Å². The van der Waals surface area contributed by atoms with E-state index in [9.17, 15) is 0 Å². The van der Waals surface area contributed by atoms with E-state index in [-0.39, 0.29) is 0 Å². The maximum atomic E-state index is 6.03. The molecule has 1 aliphatic heterocycles. The molecule has 5 nitrogen and oxygen atoms in total. The van der Waals surface area contributed by atoms with Gasteiger partial charge in [0.05, 0.1) is 18.6 Å². The van der Waals surface area contributed by atoms with Gasteiger partial charge >= 0.3 is 0 Å². The van der Waals surface area contributed by atoms with Crippen LogP contribution in [0, 0.1) is 0 Å². The molecule has 0 bridgehead atoms. The molecule has 0 saturated heterocycles. The van der Waals surface area contributed by atoms with Crippen molar-refractivity contribution in [3.8, 4) is 11.5 Å². The Morgan fingerprint density at radius 1 is 1.11 bits per heavy atom. The van der Waals surface area contributed by atoms with Crippen LogP contribution in [0.2, 0.25) is 0 Å². The summed E-state index contributed by atoms with van der Waals surface area (Å²) in [6.07, 6.45) is 6.00. The molecule has 1 aromatic heterocycles. The minimum absolute atomic E-state index is 0.759. The van der Waals surface area contributed by atoms with E-state index < -0.39 is 0 Å². The van der Waals surface area contributed by atoms with Crippen LogP contribution < -0.4 is 4.74 Å².